The molecular weight excluding hydrogens is 294 g/mol. The van der Waals surface area contributed by atoms with Gasteiger partial charge in [0.25, 0.3) is 0 Å². The first-order valence-electron chi connectivity index (χ1n) is 7.15. The Balaban J connectivity index is 4.44. The Labute approximate surface area is 129 Å². The van der Waals surface area contributed by atoms with Gasteiger partial charge in [0.2, 0.25) is 5.91 Å². The molecule has 0 aliphatic heterocycles. The minimum Gasteiger partial charge on any atom is -0.480 e. The van der Waals surface area contributed by atoms with Gasteiger partial charge in [0.1, 0.15) is 6.04 Å². The lowest BCUT2D eigenvalue weighted by Gasteiger charge is -2.20. The van der Waals surface area contributed by atoms with Crippen molar-refractivity contribution in [2.45, 2.75) is 46.1 Å². The van der Waals surface area contributed by atoms with Gasteiger partial charge in [0.05, 0.1) is 26.1 Å². The van der Waals surface area contributed by atoms with Crippen LogP contribution >= 0.6 is 0 Å². The minimum absolute atomic E-state index is 0.122. The standard InChI is InChI=1S/C14H23NO7/c1-4-21-11(17)7-6-10(16)15-13(14(19)20)9(3)8-12(18)22-5-2/h9,13H,4-8H2,1-3H3,(H,15,16)(H,19,20)/t9-,13-/m0/s1. The minimum atomic E-state index is -1.25. The van der Waals surface area contributed by atoms with Crippen LogP contribution in [-0.2, 0) is 28.7 Å². The van der Waals surface area contributed by atoms with E-state index in [4.69, 9.17) is 9.84 Å². The lowest BCUT2D eigenvalue weighted by Crippen LogP contribution is -2.45. The van der Waals surface area contributed by atoms with Crippen LogP contribution in [0.3, 0.4) is 0 Å². The molecule has 0 fully saturated rings. The first kappa shape index (κ1) is 19.9. The topological polar surface area (TPSA) is 119 Å². The van der Waals surface area contributed by atoms with Crippen LogP contribution in [0, 0.1) is 5.92 Å². The number of hydrogen-bond acceptors (Lipinski definition) is 6. The number of carbonyl (C=O) groups excluding carboxylic acids is 3. The van der Waals surface area contributed by atoms with Crippen LogP contribution in [0.25, 0.3) is 0 Å². The molecule has 0 aliphatic rings. The second-order valence-corrected chi connectivity index (χ2v) is 4.67. The number of ether oxygens (including phenoxy) is 2. The van der Waals surface area contributed by atoms with E-state index in [1.54, 1.807) is 13.8 Å². The van der Waals surface area contributed by atoms with Gasteiger partial charge in [-0.3, -0.25) is 14.4 Å². The summed E-state index contributed by atoms with van der Waals surface area (Å²) in [5.74, 6) is -3.52. The van der Waals surface area contributed by atoms with Crippen molar-refractivity contribution in [3.05, 3.63) is 0 Å². The molecular formula is C14H23NO7. The lowest BCUT2D eigenvalue weighted by atomic mass is 9.98. The Morgan fingerprint density at radius 1 is 1.00 bits per heavy atom. The fourth-order valence-corrected chi connectivity index (χ4v) is 1.74. The van der Waals surface area contributed by atoms with Gasteiger partial charge in [0.15, 0.2) is 0 Å². The van der Waals surface area contributed by atoms with Crippen molar-refractivity contribution in [3.63, 3.8) is 0 Å². The van der Waals surface area contributed by atoms with Gasteiger partial charge in [-0.05, 0) is 19.8 Å². The summed E-state index contributed by atoms with van der Waals surface area (Å²) in [5.41, 5.74) is 0. The van der Waals surface area contributed by atoms with Crippen LogP contribution in [0.15, 0.2) is 0 Å². The number of carboxylic acid groups (broad SMARTS) is 1. The van der Waals surface area contributed by atoms with Crippen molar-refractivity contribution in [2.75, 3.05) is 13.2 Å². The summed E-state index contributed by atoms with van der Waals surface area (Å²) in [6, 6.07) is -1.22. The maximum absolute atomic E-state index is 11.7. The highest BCUT2D eigenvalue weighted by Crippen LogP contribution is 2.10. The predicted octanol–water partition coefficient (Wildman–Crippen LogP) is 0.488. The van der Waals surface area contributed by atoms with Crippen LogP contribution in [-0.4, -0.2) is 48.2 Å². The molecule has 0 spiro atoms. The van der Waals surface area contributed by atoms with Crippen molar-refractivity contribution in [1.29, 1.82) is 0 Å². The predicted molar refractivity (Wildman–Crippen MR) is 75.8 cm³/mol. The number of hydrogen-bond donors (Lipinski definition) is 2. The van der Waals surface area contributed by atoms with E-state index in [1.807, 2.05) is 0 Å². The molecule has 2 N–H and O–H groups in total. The normalized spacial score (nSPS) is 12.9. The van der Waals surface area contributed by atoms with Gasteiger partial charge < -0.3 is 19.9 Å². The second-order valence-electron chi connectivity index (χ2n) is 4.67. The number of esters is 2. The number of nitrogens with one attached hydrogen (secondary N) is 1. The molecule has 2 atom stereocenters. The van der Waals surface area contributed by atoms with E-state index in [-0.39, 0.29) is 32.5 Å². The van der Waals surface area contributed by atoms with E-state index >= 15 is 0 Å². The Hall–Kier alpha value is -2.12. The molecule has 8 nitrogen and oxygen atoms in total. The van der Waals surface area contributed by atoms with E-state index in [0.717, 1.165) is 0 Å². The molecule has 0 heterocycles. The molecule has 22 heavy (non-hydrogen) atoms. The Morgan fingerprint density at radius 2 is 1.55 bits per heavy atom. The van der Waals surface area contributed by atoms with E-state index in [9.17, 15) is 19.2 Å². The average Bonchev–Trinajstić information content (AvgIpc) is 2.42. The molecule has 126 valence electrons. The van der Waals surface area contributed by atoms with Crippen LogP contribution < -0.4 is 5.32 Å². The Bertz CT molecular complexity index is 408. The molecule has 0 aromatic carbocycles. The fraction of sp³-hybridized carbons (Fsp3) is 0.714. The monoisotopic (exact) mass is 317 g/mol. The first-order chi connectivity index (χ1) is 10.3. The van der Waals surface area contributed by atoms with Crippen molar-refractivity contribution in [2.24, 2.45) is 5.92 Å². The molecule has 0 saturated heterocycles. The zero-order valence-corrected chi connectivity index (χ0v) is 13.1. The van der Waals surface area contributed by atoms with Gasteiger partial charge in [0, 0.05) is 6.42 Å². The van der Waals surface area contributed by atoms with Gasteiger partial charge in [-0.2, -0.15) is 0 Å². The third-order valence-electron chi connectivity index (χ3n) is 2.81. The average molecular weight is 317 g/mol. The van der Waals surface area contributed by atoms with Crippen LogP contribution in [0.4, 0.5) is 0 Å². The van der Waals surface area contributed by atoms with Crippen LogP contribution in [0.2, 0.25) is 0 Å². The van der Waals surface area contributed by atoms with E-state index in [1.165, 1.54) is 6.92 Å². The summed E-state index contributed by atoms with van der Waals surface area (Å²) in [6.07, 6.45) is -0.421. The zero-order chi connectivity index (χ0) is 17.1. The van der Waals surface area contributed by atoms with Gasteiger partial charge in [-0.1, -0.05) is 6.92 Å². The highest BCUT2D eigenvalue weighted by Gasteiger charge is 2.28. The van der Waals surface area contributed by atoms with Gasteiger partial charge >= 0.3 is 17.9 Å². The van der Waals surface area contributed by atoms with Crippen molar-refractivity contribution < 1.29 is 33.8 Å². The van der Waals surface area contributed by atoms with Gasteiger partial charge in [-0.25, -0.2) is 4.79 Å². The summed E-state index contributed by atoms with van der Waals surface area (Å²) in [5, 5.41) is 11.4. The molecule has 0 rings (SSSR count). The maximum atomic E-state index is 11.7. The molecule has 0 aromatic heterocycles. The Kier molecular flexibility index (Phi) is 9.56. The molecule has 0 unspecified atom stereocenters. The van der Waals surface area contributed by atoms with E-state index in [0.29, 0.717) is 0 Å². The molecule has 0 saturated carbocycles. The quantitative estimate of drug-likeness (QED) is 0.563. The summed E-state index contributed by atoms with van der Waals surface area (Å²) < 4.78 is 9.42. The smallest absolute Gasteiger partial charge is 0.326 e. The van der Waals surface area contributed by atoms with Crippen molar-refractivity contribution in [3.8, 4) is 0 Å². The third kappa shape index (κ3) is 8.23. The second kappa shape index (κ2) is 10.6. The third-order valence-corrected chi connectivity index (χ3v) is 2.81. The number of rotatable bonds is 10. The van der Waals surface area contributed by atoms with E-state index in [2.05, 4.69) is 10.1 Å². The molecule has 1 amide bonds. The fourth-order valence-electron chi connectivity index (χ4n) is 1.74. The number of amides is 1. The first-order valence-corrected chi connectivity index (χ1v) is 7.15. The summed E-state index contributed by atoms with van der Waals surface area (Å²) >= 11 is 0. The molecule has 0 aromatic rings. The van der Waals surface area contributed by atoms with Crippen molar-refractivity contribution >= 4 is 23.8 Å². The molecule has 0 aliphatic carbocycles. The number of carbonyl (C=O) groups is 4. The SMILES string of the molecule is CCOC(=O)CCC(=O)N[C@H](C(=O)O)[C@@H](C)CC(=O)OCC. The lowest BCUT2D eigenvalue weighted by molar-refractivity contribution is -0.147. The van der Waals surface area contributed by atoms with Crippen LogP contribution in [0.5, 0.6) is 0 Å². The maximum Gasteiger partial charge on any atom is 0.326 e. The molecule has 0 bridgehead atoms. The highest BCUT2D eigenvalue weighted by molar-refractivity contribution is 5.86. The van der Waals surface area contributed by atoms with Crippen LogP contribution in [0.1, 0.15) is 40.0 Å². The number of aliphatic carboxylic acids is 1. The number of carboxylic acids is 1. The summed E-state index contributed by atoms with van der Waals surface area (Å²) in [6.45, 7) is 5.25. The van der Waals surface area contributed by atoms with E-state index < -0.39 is 35.8 Å². The van der Waals surface area contributed by atoms with Gasteiger partial charge in [-0.15, -0.1) is 0 Å². The molecule has 0 radical (unpaired) electrons. The Morgan fingerprint density at radius 3 is 2.05 bits per heavy atom. The summed E-state index contributed by atoms with van der Waals surface area (Å²) in [4.78, 5) is 45.4. The zero-order valence-electron chi connectivity index (χ0n) is 13.1. The van der Waals surface area contributed by atoms with Crippen molar-refractivity contribution in [1.82, 2.24) is 5.32 Å². The summed E-state index contributed by atoms with van der Waals surface area (Å²) in [7, 11) is 0. The molecule has 8 heteroatoms. The highest BCUT2D eigenvalue weighted by atomic mass is 16.5. The largest absolute Gasteiger partial charge is 0.480 e.